The number of amides is 1. The van der Waals surface area contributed by atoms with Crippen molar-refractivity contribution < 1.29 is 14.3 Å². The van der Waals surface area contributed by atoms with Crippen molar-refractivity contribution in [1.29, 1.82) is 0 Å². The molecule has 19 heavy (non-hydrogen) atoms. The molecule has 0 bridgehead atoms. The van der Waals surface area contributed by atoms with E-state index in [4.69, 9.17) is 4.74 Å². The fraction of sp³-hybridized carbons (Fsp3) is 0.467. The van der Waals surface area contributed by atoms with Gasteiger partial charge < -0.3 is 9.64 Å². The van der Waals surface area contributed by atoms with E-state index in [2.05, 4.69) is 0 Å². The second kappa shape index (κ2) is 5.87. The van der Waals surface area contributed by atoms with E-state index in [-0.39, 0.29) is 17.8 Å². The van der Waals surface area contributed by atoms with E-state index in [0.29, 0.717) is 13.2 Å². The summed E-state index contributed by atoms with van der Waals surface area (Å²) in [5.41, 5.74) is 1.09. The SMILES string of the molecule is CCOC(=O)C1C(c2ccccc2)CCN1C(C)=O. The van der Waals surface area contributed by atoms with Gasteiger partial charge in [0.25, 0.3) is 0 Å². The monoisotopic (exact) mass is 261 g/mol. The number of ether oxygens (including phenoxy) is 1. The quantitative estimate of drug-likeness (QED) is 0.781. The maximum absolute atomic E-state index is 12.1. The van der Waals surface area contributed by atoms with Crippen LogP contribution in [0.1, 0.15) is 31.7 Å². The van der Waals surface area contributed by atoms with Crippen LogP contribution in [0, 0.1) is 0 Å². The molecule has 0 N–H and O–H groups in total. The molecule has 1 aromatic rings. The third kappa shape index (κ3) is 2.78. The summed E-state index contributed by atoms with van der Waals surface area (Å²) in [5, 5.41) is 0. The molecule has 2 unspecified atom stereocenters. The number of likely N-dealkylation sites (tertiary alicyclic amines) is 1. The van der Waals surface area contributed by atoms with Crippen LogP contribution in [0.2, 0.25) is 0 Å². The molecule has 0 saturated carbocycles. The Hall–Kier alpha value is -1.84. The number of carbonyl (C=O) groups excluding carboxylic acids is 2. The lowest BCUT2D eigenvalue weighted by Crippen LogP contribution is -2.42. The first kappa shape index (κ1) is 13.6. The predicted octanol–water partition coefficient (Wildman–Crippen LogP) is 1.95. The van der Waals surface area contributed by atoms with Gasteiger partial charge in [0.05, 0.1) is 6.61 Å². The number of carbonyl (C=O) groups is 2. The van der Waals surface area contributed by atoms with Crippen LogP contribution in [0.4, 0.5) is 0 Å². The topological polar surface area (TPSA) is 46.6 Å². The molecule has 0 aromatic heterocycles. The van der Waals surface area contributed by atoms with Crippen LogP contribution < -0.4 is 0 Å². The third-order valence-corrected chi connectivity index (χ3v) is 3.56. The van der Waals surface area contributed by atoms with E-state index in [9.17, 15) is 9.59 Å². The summed E-state index contributed by atoms with van der Waals surface area (Å²) in [4.78, 5) is 25.4. The summed E-state index contributed by atoms with van der Waals surface area (Å²) in [6.45, 7) is 4.23. The highest BCUT2D eigenvalue weighted by Gasteiger charge is 2.42. The second-order valence-electron chi connectivity index (χ2n) is 4.72. The van der Waals surface area contributed by atoms with Gasteiger partial charge in [0.2, 0.25) is 5.91 Å². The Morgan fingerprint density at radius 1 is 1.32 bits per heavy atom. The standard InChI is InChI=1S/C15H19NO3/c1-3-19-15(18)14-13(9-10-16(14)11(2)17)12-7-5-4-6-8-12/h4-8,13-14H,3,9-10H2,1-2H3. The van der Waals surface area contributed by atoms with Crippen LogP contribution in [-0.4, -0.2) is 36.0 Å². The van der Waals surface area contributed by atoms with Gasteiger partial charge in [0.15, 0.2) is 0 Å². The average Bonchev–Trinajstić information content (AvgIpc) is 2.85. The van der Waals surface area contributed by atoms with Crippen LogP contribution >= 0.6 is 0 Å². The maximum atomic E-state index is 12.1. The smallest absolute Gasteiger partial charge is 0.329 e. The highest BCUT2D eigenvalue weighted by atomic mass is 16.5. The zero-order chi connectivity index (χ0) is 13.8. The summed E-state index contributed by atoms with van der Waals surface area (Å²) in [5.74, 6) is -0.343. The molecule has 102 valence electrons. The molecule has 0 radical (unpaired) electrons. The van der Waals surface area contributed by atoms with Crippen LogP contribution in [0.15, 0.2) is 30.3 Å². The zero-order valence-electron chi connectivity index (χ0n) is 11.3. The Bertz CT molecular complexity index is 458. The van der Waals surface area contributed by atoms with Crippen LogP contribution in [0.3, 0.4) is 0 Å². The molecular weight excluding hydrogens is 242 g/mol. The highest BCUT2D eigenvalue weighted by Crippen LogP contribution is 2.34. The minimum Gasteiger partial charge on any atom is -0.464 e. The fourth-order valence-corrected chi connectivity index (χ4v) is 2.71. The van der Waals surface area contributed by atoms with Gasteiger partial charge in [0, 0.05) is 19.4 Å². The van der Waals surface area contributed by atoms with Crippen molar-refractivity contribution >= 4 is 11.9 Å². The van der Waals surface area contributed by atoms with Crippen molar-refractivity contribution in [2.75, 3.05) is 13.2 Å². The van der Waals surface area contributed by atoms with E-state index in [1.165, 1.54) is 6.92 Å². The Morgan fingerprint density at radius 3 is 2.58 bits per heavy atom. The van der Waals surface area contributed by atoms with E-state index >= 15 is 0 Å². The average molecular weight is 261 g/mol. The zero-order valence-corrected chi connectivity index (χ0v) is 11.3. The van der Waals surface area contributed by atoms with Crippen molar-refractivity contribution in [3.05, 3.63) is 35.9 Å². The number of hydrogen-bond donors (Lipinski definition) is 0. The van der Waals surface area contributed by atoms with E-state index < -0.39 is 6.04 Å². The Kier molecular flexibility index (Phi) is 4.20. The number of nitrogens with zero attached hydrogens (tertiary/aromatic N) is 1. The molecule has 0 aliphatic carbocycles. The minimum atomic E-state index is -0.486. The Morgan fingerprint density at radius 2 is 2.00 bits per heavy atom. The number of hydrogen-bond acceptors (Lipinski definition) is 3. The van der Waals surface area contributed by atoms with Gasteiger partial charge in [-0.2, -0.15) is 0 Å². The molecule has 1 saturated heterocycles. The van der Waals surface area contributed by atoms with Crippen molar-refractivity contribution in [3.8, 4) is 0 Å². The highest BCUT2D eigenvalue weighted by molar-refractivity contribution is 5.85. The summed E-state index contributed by atoms with van der Waals surface area (Å²) < 4.78 is 5.13. The number of esters is 1. The molecule has 1 heterocycles. The van der Waals surface area contributed by atoms with E-state index in [0.717, 1.165) is 12.0 Å². The molecule has 1 fully saturated rings. The lowest BCUT2D eigenvalue weighted by molar-refractivity contribution is -0.153. The van der Waals surface area contributed by atoms with Crippen LogP contribution in [-0.2, 0) is 14.3 Å². The van der Waals surface area contributed by atoms with Crippen molar-refractivity contribution in [3.63, 3.8) is 0 Å². The molecule has 2 atom stereocenters. The second-order valence-corrected chi connectivity index (χ2v) is 4.72. The Labute approximate surface area is 113 Å². The molecule has 1 aliphatic rings. The van der Waals surface area contributed by atoms with Crippen LogP contribution in [0.5, 0.6) is 0 Å². The van der Waals surface area contributed by atoms with Crippen molar-refractivity contribution in [2.24, 2.45) is 0 Å². The van der Waals surface area contributed by atoms with Crippen molar-refractivity contribution in [2.45, 2.75) is 32.2 Å². The first-order chi connectivity index (χ1) is 9.15. The van der Waals surface area contributed by atoms with Crippen molar-refractivity contribution in [1.82, 2.24) is 4.90 Å². The van der Waals surface area contributed by atoms with Gasteiger partial charge in [-0.15, -0.1) is 0 Å². The van der Waals surface area contributed by atoms with Crippen LogP contribution in [0.25, 0.3) is 0 Å². The van der Waals surface area contributed by atoms with Gasteiger partial charge in [-0.3, -0.25) is 4.79 Å². The minimum absolute atomic E-state index is 0.0316. The number of benzene rings is 1. The summed E-state index contributed by atoms with van der Waals surface area (Å²) in [7, 11) is 0. The lowest BCUT2D eigenvalue weighted by Gasteiger charge is -2.25. The van der Waals surface area contributed by atoms with Gasteiger partial charge in [-0.1, -0.05) is 30.3 Å². The van der Waals surface area contributed by atoms with Gasteiger partial charge in [0.1, 0.15) is 6.04 Å². The summed E-state index contributed by atoms with van der Waals surface area (Å²) in [6, 6.07) is 9.36. The summed E-state index contributed by atoms with van der Waals surface area (Å²) >= 11 is 0. The molecule has 4 heteroatoms. The maximum Gasteiger partial charge on any atom is 0.329 e. The first-order valence-electron chi connectivity index (χ1n) is 6.64. The van der Waals surface area contributed by atoms with Gasteiger partial charge >= 0.3 is 5.97 Å². The lowest BCUT2D eigenvalue weighted by atomic mass is 9.92. The fourth-order valence-electron chi connectivity index (χ4n) is 2.71. The van der Waals surface area contributed by atoms with Gasteiger partial charge in [-0.25, -0.2) is 4.79 Å². The largest absolute Gasteiger partial charge is 0.464 e. The molecule has 1 aromatic carbocycles. The predicted molar refractivity (Wildman–Crippen MR) is 71.6 cm³/mol. The first-order valence-corrected chi connectivity index (χ1v) is 6.64. The third-order valence-electron chi connectivity index (χ3n) is 3.56. The summed E-state index contributed by atoms with van der Waals surface area (Å²) in [6.07, 6.45) is 0.799. The molecule has 1 aliphatic heterocycles. The molecule has 0 spiro atoms. The molecular formula is C15H19NO3. The Balaban J connectivity index is 2.28. The molecule has 1 amide bonds. The normalized spacial score (nSPS) is 22.3. The van der Waals surface area contributed by atoms with Gasteiger partial charge in [-0.05, 0) is 18.9 Å². The number of rotatable bonds is 3. The molecule has 4 nitrogen and oxygen atoms in total. The van der Waals surface area contributed by atoms with E-state index in [1.54, 1.807) is 11.8 Å². The van der Waals surface area contributed by atoms with E-state index in [1.807, 2.05) is 30.3 Å². The molecule has 2 rings (SSSR count).